The Labute approximate surface area is 102 Å². The molecule has 1 aromatic carbocycles. The number of hydrogen-bond donors (Lipinski definition) is 1. The van der Waals surface area contributed by atoms with Gasteiger partial charge in [-0.2, -0.15) is 0 Å². The predicted octanol–water partition coefficient (Wildman–Crippen LogP) is 2.21. The Balaban J connectivity index is 3.32. The number of rotatable bonds is 4. The molecule has 0 saturated carbocycles. The van der Waals surface area contributed by atoms with E-state index in [0.717, 1.165) is 0 Å². The van der Waals surface area contributed by atoms with E-state index in [2.05, 4.69) is 0 Å². The third-order valence-corrected chi connectivity index (χ3v) is 2.67. The molecule has 0 aliphatic heterocycles. The lowest BCUT2D eigenvalue weighted by Gasteiger charge is -2.35. The van der Waals surface area contributed by atoms with Crippen LogP contribution >= 0.6 is 0 Å². The molecule has 0 bridgehead atoms. The zero-order valence-electron chi connectivity index (χ0n) is 11.0. The number of methoxy groups -OCH3 is 1. The Morgan fingerprint density at radius 2 is 1.94 bits per heavy atom. The predicted molar refractivity (Wildman–Crippen MR) is 65.7 cm³/mol. The fourth-order valence-corrected chi connectivity index (χ4v) is 2.21. The molecular weight excluding hydrogens is 221 g/mol. The van der Waals surface area contributed by atoms with E-state index in [1.165, 1.54) is 19.2 Å². The van der Waals surface area contributed by atoms with Crippen molar-refractivity contribution in [3.63, 3.8) is 0 Å². The Morgan fingerprint density at radius 3 is 2.35 bits per heavy atom. The third-order valence-electron chi connectivity index (χ3n) is 2.67. The summed E-state index contributed by atoms with van der Waals surface area (Å²) < 4.78 is 18.6. The van der Waals surface area contributed by atoms with Crippen LogP contribution in [-0.4, -0.2) is 36.8 Å². The maximum absolute atomic E-state index is 13.3. The summed E-state index contributed by atoms with van der Waals surface area (Å²) >= 11 is 0. The molecule has 1 aromatic rings. The highest BCUT2D eigenvalue weighted by molar-refractivity contribution is 5.37. The van der Waals surface area contributed by atoms with Crippen molar-refractivity contribution >= 4 is 0 Å². The molecule has 0 radical (unpaired) electrons. The summed E-state index contributed by atoms with van der Waals surface area (Å²) in [6.07, 6.45) is 0. The van der Waals surface area contributed by atoms with E-state index >= 15 is 0 Å². The molecule has 0 heterocycles. The SMILES string of the molecule is COc1ccc(F)cc1C(N(C)C)C(C)(C)O. The fourth-order valence-electron chi connectivity index (χ4n) is 2.21. The van der Waals surface area contributed by atoms with Crippen LogP contribution < -0.4 is 4.74 Å². The quantitative estimate of drug-likeness (QED) is 0.877. The minimum Gasteiger partial charge on any atom is -0.496 e. The fraction of sp³-hybridized carbons (Fsp3) is 0.538. The average molecular weight is 241 g/mol. The van der Waals surface area contributed by atoms with Crippen molar-refractivity contribution in [1.29, 1.82) is 0 Å². The molecule has 3 nitrogen and oxygen atoms in total. The molecule has 0 aliphatic rings. The van der Waals surface area contributed by atoms with Gasteiger partial charge in [0.15, 0.2) is 0 Å². The summed E-state index contributed by atoms with van der Waals surface area (Å²) in [4.78, 5) is 1.84. The molecular formula is C13H20FNO2. The highest BCUT2D eigenvalue weighted by Gasteiger charge is 2.32. The van der Waals surface area contributed by atoms with E-state index in [4.69, 9.17) is 4.74 Å². The number of nitrogens with zero attached hydrogens (tertiary/aromatic N) is 1. The van der Waals surface area contributed by atoms with E-state index in [1.54, 1.807) is 19.9 Å². The molecule has 0 fully saturated rings. The Bertz CT molecular complexity index is 385. The Hall–Kier alpha value is -1.13. The van der Waals surface area contributed by atoms with E-state index in [-0.39, 0.29) is 11.9 Å². The van der Waals surface area contributed by atoms with Gasteiger partial charge in [0.2, 0.25) is 0 Å². The second-order valence-corrected chi connectivity index (χ2v) is 4.91. The normalized spacial score (nSPS) is 13.9. The molecule has 0 aliphatic carbocycles. The smallest absolute Gasteiger partial charge is 0.123 e. The van der Waals surface area contributed by atoms with Gasteiger partial charge in [-0.1, -0.05) is 0 Å². The molecule has 4 heteroatoms. The molecule has 1 atom stereocenters. The van der Waals surface area contributed by atoms with Gasteiger partial charge >= 0.3 is 0 Å². The minimum absolute atomic E-state index is 0.336. The number of likely N-dealkylation sites (N-methyl/N-ethyl adjacent to an activating group) is 1. The molecule has 1 unspecified atom stereocenters. The van der Waals surface area contributed by atoms with Crippen LogP contribution in [0.5, 0.6) is 5.75 Å². The van der Waals surface area contributed by atoms with Gasteiger partial charge in [-0.05, 0) is 46.1 Å². The van der Waals surface area contributed by atoms with Gasteiger partial charge in [0.05, 0.1) is 18.8 Å². The van der Waals surface area contributed by atoms with Gasteiger partial charge in [-0.25, -0.2) is 4.39 Å². The number of ether oxygens (including phenoxy) is 1. The lowest BCUT2D eigenvalue weighted by atomic mass is 9.90. The zero-order chi connectivity index (χ0) is 13.2. The average Bonchev–Trinajstić information content (AvgIpc) is 2.15. The monoisotopic (exact) mass is 241 g/mol. The molecule has 0 aromatic heterocycles. The van der Waals surface area contributed by atoms with E-state index in [1.807, 2.05) is 19.0 Å². The molecule has 17 heavy (non-hydrogen) atoms. The van der Waals surface area contributed by atoms with E-state index in [9.17, 15) is 9.50 Å². The van der Waals surface area contributed by atoms with Crippen LogP contribution in [0, 0.1) is 5.82 Å². The third kappa shape index (κ3) is 3.17. The molecule has 0 saturated heterocycles. The topological polar surface area (TPSA) is 32.7 Å². The molecule has 0 spiro atoms. The summed E-state index contributed by atoms with van der Waals surface area (Å²) in [6.45, 7) is 3.39. The lowest BCUT2D eigenvalue weighted by Crippen LogP contribution is -2.38. The minimum atomic E-state index is -0.995. The second kappa shape index (κ2) is 5.02. The maximum atomic E-state index is 13.3. The first-order valence-corrected chi connectivity index (χ1v) is 5.49. The van der Waals surface area contributed by atoms with Crippen molar-refractivity contribution in [3.8, 4) is 5.75 Å². The number of aliphatic hydroxyl groups is 1. The molecule has 1 rings (SSSR count). The van der Waals surface area contributed by atoms with Crippen LogP contribution in [0.1, 0.15) is 25.5 Å². The van der Waals surface area contributed by atoms with Crippen molar-refractivity contribution in [2.24, 2.45) is 0 Å². The first-order chi connectivity index (χ1) is 7.77. The van der Waals surface area contributed by atoms with Crippen molar-refractivity contribution in [2.45, 2.75) is 25.5 Å². The maximum Gasteiger partial charge on any atom is 0.123 e. The lowest BCUT2D eigenvalue weighted by molar-refractivity contribution is -0.00420. The highest BCUT2D eigenvalue weighted by Crippen LogP contribution is 2.35. The number of halogens is 1. The van der Waals surface area contributed by atoms with Gasteiger partial charge in [-0.15, -0.1) is 0 Å². The van der Waals surface area contributed by atoms with E-state index < -0.39 is 5.60 Å². The summed E-state index contributed by atoms with van der Waals surface area (Å²) in [6, 6.07) is 3.99. The van der Waals surface area contributed by atoms with Gasteiger partial charge < -0.3 is 9.84 Å². The van der Waals surface area contributed by atoms with Crippen LogP contribution in [0.4, 0.5) is 4.39 Å². The van der Waals surface area contributed by atoms with Crippen LogP contribution in [0.15, 0.2) is 18.2 Å². The summed E-state index contributed by atoms with van der Waals surface area (Å²) in [5, 5.41) is 10.2. The van der Waals surface area contributed by atoms with E-state index in [0.29, 0.717) is 11.3 Å². The Kier molecular flexibility index (Phi) is 4.11. The van der Waals surface area contributed by atoms with Gasteiger partial charge in [-0.3, -0.25) is 4.90 Å². The van der Waals surface area contributed by atoms with Crippen molar-refractivity contribution in [3.05, 3.63) is 29.6 Å². The standard InChI is InChI=1S/C13H20FNO2/c1-13(2,16)12(15(3)4)10-8-9(14)6-7-11(10)17-5/h6-8,12,16H,1-5H3. The molecule has 0 amide bonds. The summed E-state index contributed by atoms with van der Waals surface area (Å²) in [5.74, 6) is 0.240. The van der Waals surface area contributed by atoms with Crippen molar-refractivity contribution in [2.75, 3.05) is 21.2 Å². The molecule has 96 valence electrons. The Morgan fingerprint density at radius 1 is 1.35 bits per heavy atom. The summed E-state index contributed by atoms with van der Waals surface area (Å²) in [5.41, 5.74) is -0.352. The van der Waals surface area contributed by atoms with Gasteiger partial charge in [0.25, 0.3) is 0 Å². The summed E-state index contributed by atoms with van der Waals surface area (Å²) in [7, 11) is 5.22. The second-order valence-electron chi connectivity index (χ2n) is 4.91. The zero-order valence-corrected chi connectivity index (χ0v) is 11.0. The van der Waals surface area contributed by atoms with Crippen LogP contribution in [0.25, 0.3) is 0 Å². The van der Waals surface area contributed by atoms with Crippen LogP contribution in [-0.2, 0) is 0 Å². The van der Waals surface area contributed by atoms with Crippen molar-refractivity contribution in [1.82, 2.24) is 4.90 Å². The number of benzene rings is 1. The van der Waals surface area contributed by atoms with Crippen LogP contribution in [0.3, 0.4) is 0 Å². The van der Waals surface area contributed by atoms with Crippen LogP contribution in [0.2, 0.25) is 0 Å². The first kappa shape index (κ1) is 13.9. The number of hydrogen-bond acceptors (Lipinski definition) is 3. The highest BCUT2D eigenvalue weighted by atomic mass is 19.1. The largest absolute Gasteiger partial charge is 0.496 e. The molecule has 1 N–H and O–H groups in total. The first-order valence-electron chi connectivity index (χ1n) is 5.49. The van der Waals surface area contributed by atoms with Gasteiger partial charge in [0, 0.05) is 5.56 Å². The van der Waals surface area contributed by atoms with Crippen molar-refractivity contribution < 1.29 is 14.2 Å². The van der Waals surface area contributed by atoms with Gasteiger partial charge in [0.1, 0.15) is 11.6 Å².